The van der Waals surface area contributed by atoms with Crippen LogP contribution in [0, 0.1) is 6.92 Å². The van der Waals surface area contributed by atoms with Gasteiger partial charge in [0.05, 0.1) is 10.7 Å². The van der Waals surface area contributed by atoms with Gasteiger partial charge in [0.1, 0.15) is 10.8 Å². The van der Waals surface area contributed by atoms with Gasteiger partial charge in [0.15, 0.2) is 0 Å². The van der Waals surface area contributed by atoms with E-state index in [1.54, 1.807) is 7.05 Å². The highest BCUT2D eigenvalue weighted by atomic mass is 79.9. The second-order valence-corrected chi connectivity index (χ2v) is 4.89. The molecule has 0 saturated carbocycles. The minimum Gasteiger partial charge on any atom is -0.436 e. The van der Waals surface area contributed by atoms with Crippen LogP contribution in [0.4, 0.5) is 5.95 Å². The molecule has 0 fully saturated rings. The number of aromatic nitrogens is 2. The average Bonchev–Trinajstić information content (AvgIpc) is 2.35. The Morgan fingerprint density at radius 3 is 2.83 bits per heavy atom. The standard InChI is InChI=1S/C12H11BrClN3O/c1-7-3-4-10(8(13)5-7)18-11-9(14)6-16-12(15-2)17-11/h3-6H,1-2H3,(H,15,16,17). The molecule has 0 amide bonds. The summed E-state index contributed by atoms with van der Waals surface area (Å²) in [6.45, 7) is 2.01. The summed E-state index contributed by atoms with van der Waals surface area (Å²) in [5.74, 6) is 1.43. The Labute approximate surface area is 118 Å². The van der Waals surface area contributed by atoms with E-state index in [1.807, 2.05) is 25.1 Å². The number of benzene rings is 1. The van der Waals surface area contributed by atoms with E-state index in [2.05, 4.69) is 31.2 Å². The molecule has 2 aromatic rings. The van der Waals surface area contributed by atoms with Crippen molar-refractivity contribution in [3.8, 4) is 11.6 Å². The highest BCUT2D eigenvalue weighted by Gasteiger charge is 2.09. The summed E-state index contributed by atoms with van der Waals surface area (Å²) in [6.07, 6.45) is 1.50. The lowest BCUT2D eigenvalue weighted by Gasteiger charge is -2.09. The van der Waals surface area contributed by atoms with Crippen LogP contribution < -0.4 is 10.1 Å². The number of nitrogens with zero attached hydrogens (tertiary/aromatic N) is 2. The molecule has 1 aromatic heterocycles. The lowest BCUT2D eigenvalue weighted by Crippen LogP contribution is -1.98. The number of nitrogens with one attached hydrogen (secondary N) is 1. The smallest absolute Gasteiger partial charge is 0.243 e. The summed E-state index contributed by atoms with van der Waals surface area (Å²) in [6, 6.07) is 5.77. The van der Waals surface area contributed by atoms with Crippen LogP contribution in [0.2, 0.25) is 5.02 Å². The van der Waals surface area contributed by atoms with Crippen molar-refractivity contribution in [1.82, 2.24) is 9.97 Å². The van der Waals surface area contributed by atoms with E-state index in [1.165, 1.54) is 6.20 Å². The number of ether oxygens (including phenoxy) is 1. The van der Waals surface area contributed by atoms with Gasteiger partial charge in [-0.15, -0.1) is 0 Å². The minimum absolute atomic E-state index is 0.320. The Bertz CT molecular complexity index is 577. The van der Waals surface area contributed by atoms with Crippen LogP contribution in [0.3, 0.4) is 0 Å². The summed E-state index contributed by atoms with van der Waals surface area (Å²) >= 11 is 9.43. The Morgan fingerprint density at radius 1 is 1.39 bits per heavy atom. The maximum absolute atomic E-state index is 5.99. The fraction of sp³-hybridized carbons (Fsp3) is 0.167. The predicted octanol–water partition coefficient (Wildman–Crippen LogP) is 4.03. The number of anilines is 1. The first kappa shape index (κ1) is 13.1. The highest BCUT2D eigenvalue weighted by molar-refractivity contribution is 9.10. The van der Waals surface area contributed by atoms with Gasteiger partial charge in [-0.1, -0.05) is 17.7 Å². The van der Waals surface area contributed by atoms with E-state index in [9.17, 15) is 0 Å². The van der Waals surface area contributed by atoms with E-state index in [-0.39, 0.29) is 0 Å². The van der Waals surface area contributed by atoms with Gasteiger partial charge >= 0.3 is 0 Å². The van der Waals surface area contributed by atoms with Crippen molar-refractivity contribution < 1.29 is 4.74 Å². The van der Waals surface area contributed by atoms with Crippen LogP contribution >= 0.6 is 27.5 Å². The van der Waals surface area contributed by atoms with Crippen LogP contribution in [-0.4, -0.2) is 17.0 Å². The van der Waals surface area contributed by atoms with E-state index >= 15 is 0 Å². The molecule has 0 aliphatic heterocycles. The third-order valence-corrected chi connectivity index (χ3v) is 3.11. The van der Waals surface area contributed by atoms with Crippen molar-refractivity contribution in [2.45, 2.75) is 6.92 Å². The van der Waals surface area contributed by atoms with Crippen LogP contribution in [0.25, 0.3) is 0 Å². The Kier molecular flexibility index (Phi) is 4.04. The van der Waals surface area contributed by atoms with Gasteiger partial charge in [0, 0.05) is 7.05 Å². The maximum atomic E-state index is 5.99. The number of hydrogen-bond acceptors (Lipinski definition) is 4. The molecule has 18 heavy (non-hydrogen) atoms. The fourth-order valence-corrected chi connectivity index (χ4v) is 2.04. The molecule has 4 nitrogen and oxygen atoms in total. The second kappa shape index (κ2) is 5.54. The van der Waals surface area contributed by atoms with Crippen molar-refractivity contribution in [3.63, 3.8) is 0 Å². The molecule has 6 heteroatoms. The zero-order valence-electron chi connectivity index (χ0n) is 9.87. The maximum Gasteiger partial charge on any atom is 0.243 e. The first-order valence-electron chi connectivity index (χ1n) is 5.24. The Balaban J connectivity index is 2.33. The second-order valence-electron chi connectivity index (χ2n) is 3.63. The molecule has 0 spiro atoms. The quantitative estimate of drug-likeness (QED) is 0.924. The normalized spacial score (nSPS) is 10.2. The molecule has 0 bridgehead atoms. The molecule has 0 saturated heterocycles. The molecule has 0 aliphatic carbocycles. The molecule has 0 atom stereocenters. The van der Waals surface area contributed by atoms with Gasteiger partial charge in [-0.2, -0.15) is 4.98 Å². The van der Waals surface area contributed by atoms with Gasteiger partial charge in [-0.25, -0.2) is 4.98 Å². The zero-order chi connectivity index (χ0) is 13.1. The average molecular weight is 329 g/mol. The van der Waals surface area contributed by atoms with Crippen LogP contribution in [0.5, 0.6) is 11.6 Å². The number of halogens is 2. The highest BCUT2D eigenvalue weighted by Crippen LogP contribution is 2.32. The van der Waals surface area contributed by atoms with E-state index in [0.29, 0.717) is 22.6 Å². The SMILES string of the molecule is CNc1ncc(Cl)c(Oc2ccc(C)cc2Br)n1. The lowest BCUT2D eigenvalue weighted by atomic mass is 10.2. The van der Waals surface area contributed by atoms with E-state index < -0.39 is 0 Å². The molecule has 0 radical (unpaired) electrons. The Hall–Kier alpha value is -1.33. The Morgan fingerprint density at radius 2 is 2.17 bits per heavy atom. The number of hydrogen-bond donors (Lipinski definition) is 1. The van der Waals surface area contributed by atoms with Crippen molar-refractivity contribution in [3.05, 3.63) is 39.5 Å². The molecule has 94 valence electrons. The molecular formula is C12H11BrClN3O. The van der Waals surface area contributed by atoms with Gasteiger partial charge in [-0.3, -0.25) is 0 Å². The third-order valence-electron chi connectivity index (χ3n) is 2.23. The van der Waals surface area contributed by atoms with Crippen LogP contribution in [-0.2, 0) is 0 Å². The summed E-state index contributed by atoms with van der Waals surface area (Å²) in [4.78, 5) is 8.14. The van der Waals surface area contributed by atoms with Crippen LogP contribution in [0.15, 0.2) is 28.9 Å². The number of rotatable bonds is 3. The number of aryl methyl sites for hydroxylation is 1. The van der Waals surface area contributed by atoms with Gasteiger partial charge in [0.25, 0.3) is 0 Å². The lowest BCUT2D eigenvalue weighted by molar-refractivity contribution is 0.460. The molecule has 1 N–H and O–H groups in total. The van der Waals surface area contributed by atoms with Crippen molar-refractivity contribution >= 4 is 33.5 Å². The fourth-order valence-electron chi connectivity index (χ4n) is 1.34. The summed E-state index contributed by atoms with van der Waals surface area (Å²) in [7, 11) is 1.73. The van der Waals surface area contributed by atoms with E-state index in [4.69, 9.17) is 16.3 Å². The van der Waals surface area contributed by atoms with Crippen molar-refractivity contribution in [2.24, 2.45) is 0 Å². The molecule has 0 unspecified atom stereocenters. The molecular weight excluding hydrogens is 318 g/mol. The summed E-state index contributed by atoms with van der Waals surface area (Å²) in [5, 5.41) is 3.19. The third kappa shape index (κ3) is 2.91. The molecule has 1 aromatic carbocycles. The topological polar surface area (TPSA) is 47.0 Å². The zero-order valence-corrected chi connectivity index (χ0v) is 12.2. The van der Waals surface area contributed by atoms with Gasteiger partial charge in [0.2, 0.25) is 11.8 Å². The van der Waals surface area contributed by atoms with Crippen molar-refractivity contribution in [2.75, 3.05) is 12.4 Å². The first-order valence-corrected chi connectivity index (χ1v) is 6.41. The molecule has 2 rings (SSSR count). The van der Waals surface area contributed by atoms with E-state index in [0.717, 1.165) is 10.0 Å². The van der Waals surface area contributed by atoms with Crippen molar-refractivity contribution in [1.29, 1.82) is 0 Å². The summed E-state index contributed by atoms with van der Waals surface area (Å²) in [5.41, 5.74) is 1.14. The monoisotopic (exact) mass is 327 g/mol. The largest absolute Gasteiger partial charge is 0.436 e. The molecule has 1 heterocycles. The van der Waals surface area contributed by atoms with Gasteiger partial charge < -0.3 is 10.1 Å². The minimum atomic E-state index is 0.320. The molecule has 0 aliphatic rings. The predicted molar refractivity (Wildman–Crippen MR) is 75.5 cm³/mol. The van der Waals surface area contributed by atoms with Crippen LogP contribution in [0.1, 0.15) is 5.56 Å². The van der Waals surface area contributed by atoms with Gasteiger partial charge in [-0.05, 0) is 40.5 Å². The first-order chi connectivity index (χ1) is 8.60. The summed E-state index contributed by atoms with van der Waals surface area (Å²) < 4.78 is 6.52.